The third kappa shape index (κ3) is 5.91. The van der Waals surface area contributed by atoms with Crippen molar-refractivity contribution >= 4 is 23.3 Å². The van der Waals surface area contributed by atoms with E-state index in [0.717, 1.165) is 29.8 Å². The zero-order chi connectivity index (χ0) is 27.2. The molecule has 0 saturated carbocycles. The molecule has 8 heteroatoms. The van der Waals surface area contributed by atoms with Crippen LogP contribution >= 0.6 is 0 Å². The van der Waals surface area contributed by atoms with Gasteiger partial charge in [-0.15, -0.1) is 0 Å². The average molecular weight is 520 g/mol. The average Bonchev–Trinajstić information content (AvgIpc) is 3.19. The largest absolute Gasteiger partial charge is 0.484 e. The van der Waals surface area contributed by atoms with Gasteiger partial charge in [0.25, 0.3) is 5.91 Å². The summed E-state index contributed by atoms with van der Waals surface area (Å²) < 4.78 is 5.65. The number of ketones is 1. The van der Waals surface area contributed by atoms with Gasteiger partial charge in [-0.05, 0) is 49.6 Å². The number of Topliss-reactive ketones (excluding diaryl/α,β-unsaturated/α-hetero) is 1. The Hall–Kier alpha value is -3.65. The van der Waals surface area contributed by atoms with E-state index in [1.165, 1.54) is 0 Å². The third-order valence-electron chi connectivity index (χ3n) is 7.12. The molecule has 2 aliphatic heterocycles. The van der Waals surface area contributed by atoms with Gasteiger partial charge in [-0.2, -0.15) is 0 Å². The first-order valence-electron chi connectivity index (χ1n) is 13.4. The van der Waals surface area contributed by atoms with Crippen LogP contribution in [0.15, 0.2) is 65.9 Å². The monoisotopic (exact) mass is 519 g/mol. The van der Waals surface area contributed by atoms with Crippen molar-refractivity contribution in [1.82, 2.24) is 10.2 Å². The SMILES string of the molecule is CCCC1C(=O)N(CCC)C2=C1C(=O)CN(c1ccc(OCC(=O)NC(C)C(O)c3ccccc3)cc1)C2. The lowest BCUT2D eigenvalue weighted by molar-refractivity contribution is -0.131. The number of hydrogen-bond acceptors (Lipinski definition) is 6. The highest BCUT2D eigenvalue weighted by molar-refractivity contribution is 6.09. The number of ether oxygens (including phenoxy) is 1. The fraction of sp³-hybridized carbons (Fsp3) is 0.433. The Balaban J connectivity index is 1.35. The van der Waals surface area contributed by atoms with Gasteiger partial charge in [0.15, 0.2) is 12.4 Å². The molecule has 0 aromatic heterocycles. The molecule has 0 aliphatic carbocycles. The Labute approximate surface area is 224 Å². The number of aliphatic hydroxyl groups excluding tert-OH is 1. The highest BCUT2D eigenvalue weighted by Gasteiger charge is 2.44. The lowest BCUT2D eigenvalue weighted by Crippen LogP contribution is -2.40. The molecule has 0 spiro atoms. The lowest BCUT2D eigenvalue weighted by Gasteiger charge is -2.32. The maximum absolute atomic E-state index is 13.1. The number of aliphatic hydroxyl groups is 1. The lowest BCUT2D eigenvalue weighted by atomic mass is 9.90. The number of anilines is 1. The first-order chi connectivity index (χ1) is 18.3. The molecule has 0 bridgehead atoms. The van der Waals surface area contributed by atoms with E-state index in [1.807, 2.05) is 66.1 Å². The van der Waals surface area contributed by atoms with E-state index in [4.69, 9.17) is 4.74 Å². The molecule has 0 radical (unpaired) electrons. The molecule has 38 heavy (non-hydrogen) atoms. The minimum Gasteiger partial charge on any atom is -0.484 e. The molecule has 2 amide bonds. The van der Waals surface area contributed by atoms with Crippen LogP contribution in [0.2, 0.25) is 0 Å². The predicted molar refractivity (Wildman–Crippen MR) is 146 cm³/mol. The zero-order valence-electron chi connectivity index (χ0n) is 22.4. The fourth-order valence-corrected chi connectivity index (χ4v) is 5.24. The molecule has 2 N–H and O–H groups in total. The van der Waals surface area contributed by atoms with Crippen LogP contribution in [0.4, 0.5) is 5.69 Å². The highest BCUT2D eigenvalue weighted by atomic mass is 16.5. The minimum absolute atomic E-state index is 0.0143. The summed E-state index contributed by atoms with van der Waals surface area (Å²) in [5.74, 6) is -0.0482. The van der Waals surface area contributed by atoms with Gasteiger partial charge in [-0.3, -0.25) is 14.4 Å². The van der Waals surface area contributed by atoms with Crippen LogP contribution in [0.3, 0.4) is 0 Å². The molecule has 2 aromatic rings. The summed E-state index contributed by atoms with van der Waals surface area (Å²) in [6, 6.07) is 16.0. The van der Waals surface area contributed by atoms with Crippen molar-refractivity contribution in [3.63, 3.8) is 0 Å². The van der Waals surface area contributed by atoms with Gasteiger partial charge >= 0.3 is 0 Å². The number of amides is 2. The predicted octanol–water partition coefficient (Wildman–Crippen LogP) is 3.62. The van der Waals surface area contributed by atoms with Crippen LogP contribution in [0.5, 0.6) is 5.75 Å². The quantitative estimate of drug-likeness (QED) is 0.471. The van der Waals surface area contributed by atoms with Crippen molar-refractivity contribution in [2.75, 3.05) is 31.1 Å². The topological polar surface area (TPSA) is 99.2 Å². The van der Waals surface area contributed by atoms with E-state index in [9.17, 15) is 19.5 Å². The van der Waals surface area contributed by atoms with E-state index >= 15 is 0 Å². The van der Waals surface area contributed by atoms with Crippen LogP contribution in [0.1, 0.15) is 51.7 Å². The molecule has 2 heterocycles. The Morgan fingerprint density at radius 1 is 1.05 bits per heavy atom. The maximum Gasteiger partial charge on any atom is 0.258 e. The second-order valence-electron chi connectivity index (χ2n) is 9.97. The van der Waals surface area contributed by atoms with Crippen molar-refractivity contribution in [2.24, 2.45) is 5.92 Å². The molecule has 3 atom stereocenters. The van der Waals surface area contributed by atoms with E-state index in [0.29, 0.717) is 30.8 Å². The smallest absolute Gasteiger partial charge is 0.258 e. The summed E-state index contributed by atoms with van der Waals surface area (Å²) in [6.45, 7) is 7.00. The molecule has 3 unspecified atom stereocenters. The number of nitrogens with one attached hydrogen (secondary N) is 1. The summed E-state index contributed by atoms with van der Waals surface area (Å²) in [4.78, 5) is 42.3. The van der Waals surface area contributed by atoms with Gasteiger partial charge in [0.1, 0.15) is 5.75 Å². The van der Waals surface area contributed by atoms with Crippen LogP contribution in [0.25, 0.3) is 0 Å². The highest BCUT2D eigenvalue weighted by Crippen LogP contribution is 2.37. The van der Waals surface area contributed by atoms with Crippen LogP contribution in [0, 0.1) is 5.92 Å². The van der Waals surface area contributed by atoms with Gasteiger partial charge in [0.2, 0.25) is 5.91 Å². The van der Waals surface area contributed by atoms with Gasteiger partial charge in [0.05, 0.1) is 31.2 Å². The number of benzene rings is 2. The molecule has 0 saturated heterocycles. The second kappa shape index (κ2) is 12.3. The van der Waals surface area contributed by atoms with Gasteiger partial charge in [-0.25, -0.2) is 0 Å². The Morgan fingerprint density at radius 3 is 2.42 bits per heavy atom. The minimum atomic E-state index is -0.817. The summed E-state index contributed by atoms with van der Waals surface area (Å²) >= 11 is 0. The van der Waals surface area contributed by atoms with E-state index < -0.39 is 12.1 Å². The van der Waals surface area contributed by atoms with Crippen LogP contribution in [-0.2, 0) is 14.4 Å². The summed E-state index contributed by atoms with van der Waals surface area (Å²) in [5, 5.41) is 13.2. The summed E-state index contributed by atoms with van der Waals surface area (Å²) in [7, 11) is 0. The van der Waals surface area contributed by atoms with Crippen molar-refractivity contribution in [2.45, 2.75) is 52.2 Å². The van der Waals surface area contributed by atoms with E-state index in [-0.39, 0.29) is 36.7 Å². The Morgan fingerprint density at radius 2 is 1.76 bits per heavy atom. The third-order valence-corrected chi connectivity index (χ3v) is 7.12. The van der Waals surface area contributed by atoms with Gasteiger partial charge < -0.3 is 25.0 Å². The van der Waals surface area contributed by atoms with Crippen LogP contribution in [-0.4, -0.2) is 59.9 Å². The second-order valence-corrected chi connectivity index (χ2v) is 9.97. The number of nitrogens with zero attached hydrogens (tertiary/aromatic N) is 2. The maximum atomic E-state index is 13.1. The number of carbonyl (C=O) groups excluding carboxylic acids is 3. The molecule has 0 fully saturated rings. The first kappa shape index (κ1) is 27.4. The number of rotatable bonds is 11. The van der Waals surface area contributed by atoms with Crippen LogP contribution < -0.4 is 15.0 Å². The molecular weight excluding hydrogens is 482 g/mol. The van der Waals surface area contributed by atoms with Crippen molar-refractivity contribution in [1.29, 1.82) is 0 Å². The molecule has 2 aromatic carbocycles. The molecule has 4 rings (SSSR count). The molecule has 8 nitrogen and oxygen atoms in total. The van der Waals surface area contributed by atoms with Crippen molar-refractivity contribution in [3.05, 3.63) is 71.4 Å². The fourth-order valence-electron chi connectivity index (χ4n) is 5.24. The molecule has 2 aliphatic rings. The van der Waals surface area contributed by atoms with Crippen molar-refractivity contribution < 1.29 is 24.2 Å². The van der Waals surface area contributed by atoms with Gasteiger partial charge in [-0.1, -0.05) is 50.6 Å². The first-order valence-corrected chi connectivity index (χ1v) is 13.4. The zero-order valence-corrected chi connectivity index (χ0v) is 22.4. The Bertz CT molecular complexity index is 1180. The number of hydrogen-bond donors (Lipinski definition) is 2. The standard InChI is InChI=1S/C30H37N3O5/c1-4-9-24-28-25(33(16-5-2)30(24)37)17-32(18-26(28)34)22-12-14-23(15-13-22)38-19-27(35)31-20(3)29(36)21-10-7-6-8-11-21/h6-8,10-15,20,24,29,36H,4-5,9,16-19H2,1-3H3,(H,31,35). The summed E-state index contributed by atoms with van der Waals surface area (Å²) in [5.41, 5.74) is 3.13. The van der Waals surface area contributed by atoms with Crippen molar-refractivity contribution in [3.8, 4) is 5.75 Å². The number of carbonyl (C=O) groups is 3. The van der Waals surface area contributed by atoms with Gasteiger partial charge in [0, 0.05) is 23.5 Å². The molecule has 202 valence electrons. The normalized spacial score (nSPS) is 18.9. The van der Waals surface area contributed by atoms with E-state index in [2.05, 4.69) is 5.32 Å². The molecular formula is C30H37N3O5. The summed E-state index contributed by atoms with van der Waals surface area (Å²) in [6.07, 6.45) is 1.57. The van der Waals surface area contributed by atoms with E-state index in [1.54, 1.807) is 19.1 Å². The Kier molecular flexibility index (Phi) is 8.84.